The molecule has 27 heavy (non-hydrogen) atoms. The average Bonchev–Trinajstić information content (AvgIpc) is 3.20. The van der Waals surface area contributed by atoms with Crippen LogP contribution in [0.1, 0.15) is 11.1 Å². The van der Waals surface area contributed by atoms with E-state index >= 15 is 0 Å². The van der Waals surface area contributed by atoms with Crippen LogP contribution >= 0.6 is 23.1 Å². The van der Waals surface area contributed by atoms with Gasteiger partial charge in [-0.1, -0.05) is 42.1 Å². The normalized spacial score (nSPS) is 10.4. The summed E-state index contributed by atoms with van der Waals surface area (Å²) in [5.74, 6) is 0.264. The fourth-order valence-electron chi connectivity index (χ4n) is 2.52. The van der Waals surface area contributed by atoms with Gasteiger partial charge >= 0.3 is 5.97 Å². The molecule has 136 valence electrons. The third-order valence-corrected chi connectivity index (χ3v) is 5.48. The van der Waals surface area contributed by atoms with Gasteiger partial charge in [0.1, 0.15) is 5.82 Å². The van der Waals surface area contributed by atoms with Crippen molar-refractivity contribution in [2.75, 3.05) is 12.4 Å². The second-order valence-electron chi connectivity index (χ2n) is 5.57. The number of anilines is 1. The summed E-state index contributed by atoms with van der Waals surface area (Å²) < 4.78 is 0. The van der Waals surface area contributed by atoms with Gasteiger partial charge in [0.25, 0.3) is 5.69 Å². The van der Waals surface area contributed by atoms with Gasteiger partial charge in [0.05, 0.1) is 18.7 Å². The summed E-state index contributed by atoms with van der Waals surface area (Å²) in [6.45, 7) is 7.47. The average molecular weight is 396 g/mol. The van der Waals surface area contributed by atoms with E-state index in [1.54, 1.807) is 13.1 Å². The highest BCUT2D eigenvalue weighted by Crippen LogP contribution is 2.38. The highest BCUT2D eigenvalue weighted by atomic mass is 32.2. The molecular weight excluding hydrogens is 380 g/mol. The lowest BCUT2D eigenvalue weighted by Gasteiger charge is -2.10. The molecule has 2 heterocycles. The summed E-state index contributed by atoms with van der Waals surface area (Å²) in [5.41, 5.74) is 2.80. The Morgan fingerprint density at radius 3 is 2.78 bits per heavy atom. The van der Waals surface area contributed by atoms with Crippen LogP contribution in [0.3, 0.4) is 0 Å². The van der Waals surface area contributed by atoms with Crippen LogP contribution in [0.15, 0.2) is 46.9 Å². The second-order valence-corrected chi connectivity index (χ2v) is 7.46. The van der Waals surface area contributed by atoms with Gasteiger partial charge in [-0.15, -0.1) is 11.3 Å². The van der Waals surface area contributed by atoms with Gasteiger partial charge < -0.3 is 10.4 Å². The van der Waals surface area contributed by atoms with E-state index in [1.165, 1.54) is 23.1 Å². The third kappa shape index (κ3) is 4.64. The Bertz CT molecular complexity index is 997. The molecule has 0 radical (unpaired) electrons. The predicted molar refractivity (Wildman–Crippen MR) is 108 cm³/mol. The molecule has 0 fully saturated rings. The molecule has 6 nitrogen and oxygen atoms in total. The molecule has 0 unspecified atom stereocenters. The monoisotopic (exact) mass is 396 g/mol. The van der Waals surface area contributed by atoms with Crippen LogP contribution in [0.25, 0.3) is 15.4 Å². The SMILES string of the molecule is [C-]#[N+]c1c(NC)nc(SCc2cccc(CC(=O)O)c2)nc1-c1cccs1. The Hall–Kier alpha value is -2.89. The van der Waals surface area contributed by atoms with Crippen molar-refractivity contribution in [2.24, 2.45) is 0 Å². The fraction of sp³-hybridized carbons (Fsp3) is 0.158. The van der Waals surface area contributed by atoms with E-state index in [9.17, 15) is 4.79 Å². The van der Waals surface area contributed by atoms with Crippen molar-refractivity contribution in [3.8, 4) is 10.6 Å². The molecule has 3 aromatic rings. The minimum Gasteiger partial charge on any atom is -0.481 e. The van der Waals surface area contributed by atoms with Crippen LogP contribution in [0.2, 0.25) is 0 Å². The van der Waals surface area contributed by atoms with Crippen molar-refractivity contribution < 1.29 is 9.90 Å². The zero-order chi connectivity index (χ0) is 19.2. The van der Waals surface area contributed by atoms with E-state index in [2.05, 4.69) is 20.1 Å². The van der Waals surface area contributed by atoms with E-state index in [1.807, 2.05) is 35.7 Å². The number of thiophene rings is 1. The third-order valence-electron chi connectivity index (χ3n) is 3.68. The van der Waals surface area contributed by atoms with Gasteiger partial charge in [0, 0.05) is 17.7 Å². The number of benzene rings is 1. The maximum atomic E-state index is 10.9. The molecule has 0 atom stereocenters. The Balaban J connectivity index is 1.86. The molecule has 2 aromatic heterocycles. The molecule has 0 saturated heterocycles. The summed E-state index contributed by atoms with van der Waals surface area (Å²) in [5, 5.41) is 14.4. The highest BCUT2D eigenvalue weighted by Gasteiger charge is 2.16. The number of rotatable bonds is 7. The lowest BCUT2D eigenvalue weighted by Crippen LogP contribution is -2.00. The maximum Gasteiger partial charge on any atom is 0.307 e. The molecule has 3 rings (SSSR count). The Labute approximate surface area is 165 Å². The lowest BCUT2D eigenvalue weighted by atomic mass is 10.1. The first kappa shape index (κ1) is 18.9. The molecular formula is C19H16N4O2S2. The van der Waals surface area contributed by atoms with Crippen LogP contribution < -0.4 is 5.32 Å². The summed E-state index contributed by atoms with van der Waals surface area (Å²) in [4.78, 5) is 24.5. The first-order valence-electron chi connectivity index (χ1n) is 8.04. The van der Waals surface area contributed by atoms with Crippen molar-refractivity contribution in [3.63, 3.8) is 0 Å². The molecule has 0 spiro atoms. The van der Waals surface area contributed by atoms with Crippen LogP contribution in [-0.4, -0.2) is 28.1 Å². The number of hydrogen-bond donors (Lipinski definition) is 2. The van der Waals surface area contributed by atoms with Crippen LogP contribution in [0.4, 0.5) is 11.5 Å². The molecule has 0 saturated carbocycles. The minimum atomic E-state index is -0.850. The fourth-order valence-corrected chi connectivity index (χ4v) is 4.02. The maximum absolute atomic E-state index is 10.9. The minimum absolute atomic E-state index is 0.00113. The topological polar surface area (TPSA) is 79.5 Å². The number of thioether (sulfide) groups is 1. The lowest BCUT2D eigenvalue weighted by molar-refractivity contribution is -0.136. The number of carbonyl (C=O) groups is 1. The largest absolute Gasteiger partial charge is 0.481 e. The second kappa shape index (κ2) is 8.66. The van der Waals surface area contributed by atoms with Crippen molar-refractivity contribution >= 4 is 40.6 Å². The first-order chi connectivity index (χ1) is 13.1. The zero-order valence-electron chi connectivity index (χ0n) is 14.5. The van der Waals surface area contributed by atoms with E-state index in [4.69, 9.17) is 11.7 Å². The summed E-state index contributed by atoms with van der Waals surface area (Å²) in [6.07, 6.45) is 0.00113. The number of aliphatic carboxylic acids is 1. The number of hydrogen-bond acceptors (Lipinski definition) is 6. The van der Waals surface area contributed by atoms with Crippen LogP contribution in [0.5, 0.6) is 0 Å². The van der Waals surface area contributed by atoms with E-state index in [-0.39, 0.29) is 6.42 Å². The Morgan fingerprint density at radius 2 is 2.11 bits per heavy atom. The molecule has 0 aliphatic heterocycles. The standard InChI is InChI=1S/C19H16N4O2S2/c1-20-17-16(14-7-4-8-26-14)22-19(23-18(17)21-2)27-11-13-6-3-5-12(9-13)10-15(24)25/h3-9H,10-11H2,2H3,(H,24,25)(H,21,22,23). The Kier molecular flexibility index (Phi) is 6.06. The number of nitrogens with one attached hydrogen (secondary N) is 1. The quantitative estimate of drug-likeness (QED) is 0.342. The van der Waals surface area contributed by atoms with Crippen molar-refractivity contribution in [1.82, 2.24) is 9.97 Å². The van der Waals surface area contributed by atoms with E-state index < -0.39 is 5.97 Å². The van der Waals surface area contributed by atoms with Gasteiger partial charge in [-0.05, 0) is 22.6 Å². The molecule has 0 aliphatic carbocycles. The van der Waals surface area contributed by atoms with Gasteiger partial charge in [-0.2, -0.15) is 0 Å². The summed E-state index contributed by atoms with van der Waals surface area (Å²) in [7, 11) is 1.74. The van der Waals surface area contributed by atoms with Crippen LogP contribution in [-0.2, 0) is 17.0 Å². The molecule has 0 amide bonds. The zero-order valence-corrected chi connectivity index (χ0v) is 16.1. The number of nitrogens with zero attached hydrogens (tertiary/aromatic N) is 3. The molecule has 1 aromatic carbocycles. The van der Waals surface area contributed by atoms with Gasteiger partial charge in [0.15, 0.2) is 5.16 Å². The smallest absolute Gasteiger partial charge is 0.307 e. The molecule has 0 aliphatic rings. The van der Waals surface area contributed by atoms with Crippen molar-refractivity contribution in [3.05, 3.63) is 64.3 Å². The molecule has 2 N–H and O–H groups in total. The number of carboxylic acid groups (broad SMARTS) is 1. The molecule has 8 heteroatoms. The van der Waals surface area contributed by atoms with Crippen LogP contribution in [0, 0.1) is 6.57 Å². The van der Waals surface area contributed by atoms with Gasteiger partial charge in [-0.25, -0.2) is 14.8 Å². The van der Waals surface area contributed by atoms with Gasteiger partial charge in [-0.3, -0.25) is 4.79 Å². The van der Waals surface area contributed by atoms with Crippen molar-refractivity contribution in [2.45, 2.75) is 17.3 Å². The van der Waals surface area contributed by atoms with Crippen molar-refractivity contribution in [1.29, 1.82) is 0 Å². The number of aromatic nitrogens is 2. The summed E-state index contributed by atoms with van der Waals surface area (Å²) in [6, 6.07) is 11.4. The summed E-state index contributed by atoms with van der Waals surface area (Å²) >= 11 is 2.98. The number of carboxylic acids is 1. The Morgan fingerprint density at radius 1 is 1.30 bits per heavy atom. The highest BCUT2D eigenvalue weighted by molar-refractivity contribution is 7.98. The molecule has 0 bridgehead atoms. The van der Waals surface area contributed by atoms with E-state index in [0.717, 1.165) is 16.0 Å². The predicted octanol–water partition coefficient (Wildman–Crippen LogP) is 4.72. The van der Waals surface area contributed by atoms with E-state index in [0.29, 0.717) is 28.1 Å². The van der Waals surface area contributed by atoms with Gasteiger partial charge in [0.2, 0.25) is 0 Å². The first-order valence-corrected chi connectivity index (χ1v) is 9.90.